The number of rotatable bonds is 5. The number of esters is 1. The van der Waals surface area contributed by atoms with Crippen molar-refractivity contribution in [2.45, 2.75) is 13.0 Å². The molecule has 1 aliphatic rings. The fraction of sp³-hybridized carbons (Fsp3) is 0.222. The van der Waals surface area contributed by atoms with Gasteiger partial charge in [-0.25, -0.2) is 4.79 Å². The number of para-hydroxylation sites is 1. The predicted octanol–water partition coefficient (Wildman–Crippen LogP) is 2.31. The summed E-state index contributed by atoms with van der Waals surface area (Å²) < 4.78 is 20.5. The van der Waals surface area contributed by atoms with Crippen molar-refractivity contribution in [3.8, 4) is 23.0 Å². The molecule has 136 valence electrons. The molecule has 0 unspecified atom stereocenters. The van der Waals surface area contributed by atoms with E-state index in [0.29, 0.717) is 17.2 Å². The minimum Gasteiger partial charge on any atom is -0.504 e. The van der Waals surface area contributed by atoms with Crippen LogP contribution in [0.4, 0.5) is 5.69 Å². The highest BCUT2D eigenvalue weighted by Crippen LogP contribution is 2.34. The fourth-order valence-electron chi connectivity index (χ4n) is 2.35. The van der Waals surface area contributed by atoms with E-state index in [-0.39, 0.29) is 23.9 Å². The molecule has 0 saturated carbocycles. The van der Waals surface area contributed by atoms with Gasteiger partial charge < -0.3 is 29.4 Å². The summed E-state index contributed by atoms with van der Waals surface area (Å²) in [6.07, 6.45) is -1.08. The zero-order valence-electron chi connectivity index (χ0n) is 14.1. The Morgan fingerprint density at radius 3 is 2.73 bits per heavy atom. The van der Waals surface area contributed by atoms with Crippen molar-refractivity contribution in [3.05, 3.63) is 42.0 Å². The number of nitrogens with one attached hydrogen (secondary N) is 1. The van der Waals surface area contributed by atoms with Gasteiger partial charge in [0.05, 0.1) is 7.11 Å². The highest BCUT2D eigenvalue weighted by molar-refractivity contribution is 5.98. The average Bonchev–Trinajstić information content (AvgIpc) is 3.09. The van der Waals surface area contributed by atoms with E-state index in [9.17, 15) is 14.7 Å². The molecular formula is C18H17NO7. The molecule has 0 fully saturated rings. The van der Waals surface area contributed by atoms with Gasteiger partial charge >= 0.3 is 5.97 Å². The SMILES string of the molecule is COc1cccc(C(=O)O[C@@H](C)C(=O)Nc2ccc3c(c2)OCO3)c1O. The van der Waals surface area contributed by atoms with Crippen molar-refractivity contribution in [3.63, 3.8) is 0 Å². The Hall–Kier alpha value is -3.42. The molecule has 1 aliphatic heterocycles. The van der Waals surface area contributed by atoms with Gasteiger partial charge in [-0.2, -0.15) is 0 Å². The summed E-state index contributed by atoms with van der Waals surface area (Å²) in [5, 5.41) is 12.6. The Kier molecular flexibility index (Phi) is 4.83. The monoisotopic (exact) mass is 359 g/mol. The maximum absolute atomic E-state index is 12.2. The number of benzene rings is 2. The number of ether oxygens (including phenoxy) is 4. The van der Waals surface area contributed by atoms with Crippen molar-refractivity contribution in [2.75, 3.05) is 19.2 Å². The lowest BCUT2D eigenvalue weighted by atomic mass is 10.2. The van der Waals surface area contributed by atoms with E-state index >= 15 is 0 Å². The number of hydrogen-bond donors (Lipinski definition) is 2. The van der Waals surface area contributed by atoms with Crippen LogP contribution in [0, 0.1) is 0 Å². The van der Waals surface area contributed by atoms with Crippen LogP contribution in [0.5, 0.6) is 23.0 Å². The number of aromatic hydroxyl groups is 1. The quantitative estimate of drug-likeness (QED) is 0.790. The molecule has 8 heteroatoms. The molecule has 8 nitrogen and oxygen atoms in total. The van der Waals surface area contributed by atoms with Crippen molar-refractivity contribution in [2.24, 2.45) is 0 Å². The van der Waals surface area contributed by atoms with Gasteiger partial charge in [0.2, 0.25) is 6.79 Å². The second-order valence-electron chi connectivity index (χ2n) is 5.46. The van der Waals surface area contributed by atoms with E-state index in [4.69, 9.17) is 18.9 Å². The van der Waals surface area contributed by atoms with Crippen LogP contribution in [0.3, 0.4) is 0 Å². The van der Waals surface area contributed by atoms with E-state index in [1.807, 2.05) is 0 Å². The van der Waals surface area contributed by atoms with E-state index in [0.717, 1.165) is 0 Å². The Morgan fingerprint density at radius 2 is 1.96 bits per heavy atom. The molecule has 0 bridgehead atoms. The lowest BCUT2D eigenvalue weighted by molar-refractivity contribution is -0.123. The van der Waals surface area contributed by atoms with Gasteiger partial charge in [0.15, 0.2) is 29.1 Å². The number of amides is 1. The smallest absolute Gasteiger partial charge is 0.342 e. The molecule has 2 aromatic carbocycles. The Morgan fingerprint density at radius 1 is 1.19 bits per heavy atom. The van der Waals surface area contributed by atoms with Crippen LogP contribution in [-0.2, 0) is 9.53 Å². The summed E-state index contributed by atoms with van der Waals surface area (Å²) in [7, 11) is 1.37. The summed E-state index contributed by atoms with van der Waals surface area (Å²) in [6, 6.07) is 9.34. The third-order valence-corrected chi connectivity index (χ3v) is 3.73. The van der Waals surface area contributed by atoms with E-state index in [1.165, 1.54) is 32.2 Å². The number of carbonyl (C=O) groups is 2. The Labute approximate surface area is 149 Å². The first-order chi connectivity index (χ1) is 12.5. The number of carbonyl (C=O) groups excluding carboxylic acids is 2. The summed E-state index contributed by atoms with van der Waals surface area (Å²) in [5.41, 5.74) is 0.387. The summed E-state index contributed by atoms with van der Waals surface area (Å²) in [4.78, 5) is 24.4. The zero-order chi connectivity index (χ0) is 18.7. The molecule has 2 aromatic rings. The van der Waals surface area contributed by atoms with Gasteiger partial charge in [0, 0.05) is 11.8 Å². The van der Waals surface area contributed by atoms with Crippen molar-refractivity contribution in [1.82, 2.24) is 0 Å². The van der Waals surface area contributed by atoms with Crippen molar-refractivity contribution < 1.29 is 33.6 Å². The Bertz CT molecular complexity index is 849. The van der Waals surface area contributed by atoms with Gasteiger partial charge in [-0.15, -0.1) is 0 Å². The minimum absolute atomic E-state index is 0.0907. The van der Waals surface area contributed by atoms with Crippen LogP contribution < -0.4 is 19.5 Å². The summed E-state index contributed by atoms with van der Waals surface area (Å²) >= 11 is 0. The number of fused-ring (bicyclic) bond motifs is 1. The van der Waals surface area contributed by atoms with Gasteiger partial charge in [0.25, 0.3) is 5.91 Å². The third kappa shape index (κ3) is 3.49. The maximum atomic E-state index is 12.2. The number of hydrogen-bond acceptors (Lipinski definition) is 7. The molecule has 1 amide bonds. The molecule has 3 rings (SSSR count). The highest BCUT2D eigenvalue weighted by atomic mass is 16.7. The van der Waals surface area contributed by atoms with Crippen LogP contribution in [0.25, 0.3) is 0 Å². The lowest BCUT2D eigenvalue weighted by Crippen LogP contribution is -2.30. The predicted molar refractivity (Wildman–Crippen MR) is 90.7 cm³/mol. The van der Waals surface area contributed by atoms with Gasteiger partial charge in [-0.05, 0) is 31.2 Å². The molecule has 1 atom stereocenters. The van der Waals surface area contributed by atoms with Gasteiger partial charge in [0.1, 0.15) is 5.56 Å². The fourth-order valence-corrected chi connectivity index (χ4v) is 2.35. The van der Waals surface area contributed by atoms with Crippen LogP contribution >= 0.6 is 0 Å². The van der Waals surface area contributed by atoms with Crippen LogP contribution in [0.15, 0.2) is 36.4 Å². The summed E-state index contributed by atoms with van der Waals surface area (Å²) in [6.45, 7) is 1.56. The highest BCUT2D eigenvalue weighted by Gasteiger charge is 2.23. The zero-order valence-corrected chi connectivity index (χ0v) is 14.1. The third-order valence-electron chi connectivity index (χ3n) is 3.73. The van der Waals surface area contributed by atoms with Crippen LogP contribution in [0.1, 0.15) is 17.3 Å². The molecule has 0 spiro atoms. The molecule has 0 radical (unpaired) electrons. The summed E-state index contributed by atoms with van der Waals surface area (Å²) in [5.74, 6) is -0.459. The second-order valence-corrected chi connectivity index (χ2v) is 5.46. The van der Waals surface area contributed by atoms with E-state index in [1.54, 1.807) is 18.2 Å². The van der Waals surface area contributed by atoms with Crippen LogP contribution in [0.2, 0.25) is 0 Å². The van der Waals surface area contributed by atoms with Gasteiger partial charge in [-0.3, -0.25) is 4.79 Å². The maximum Gasteiger partial charge on any atom is 0.342 e. The minimum atomic E-state index is -1.08. The molecule has 0 aromatic heterocycles. The Balaban J connectivity index is 1.65. The molecule has 2 N–H and O–H groups in total. The van der Waals surface area contributed by atoms with E-state index < -0.39 is 18.0 Å². The molecule has 26 heavy (non-hydrogen) atoms. The number of anilines is 1. The van der Waals surface area contributed by atoms with Gasteiger partial charge in [-0.1, -0.05) is 6.07 Å². The average molecular weight is 359 g/mol. The van der Waals surface area contributed by atoms with Crippen molar-refractivity contribution >= 4 is 17.6 Å². The first-order valence-electron chi connectivity index (χ1n) is 7.77. The lowest BCUT2D eigenvalue weighted by Gasteiger charge is -2.15. The molecule has 1 heterocycles. The van der Waals surface area contributed by atoms with Crippen LogP contribution in [-0.4, -0.2) is 37.0 Å². The van der Waals surface area contributed by atoms with E-state index in [2.05, 4.69) is 5.32 Å². The largest absolute Gasteiger partial charge is 0.504 e. The first-order valence-corrected chi connectivity index (χ1v) is 7.77. The number of phenolic OH excluding ortho intramolecular Hbond substituents is 1. The van der Waals surface area contributed by atoms with Crippen molar-refractivity contribution in [1.29, 1.82) is 0 Å². The second kappa shape index (κ2) is 7.22. The molecule has 0 saturated heterocycles. The normalized spacial score (nSPS) is 13.0. The standard InChI is InChI=1S/C18H17NO7/c1-10(26-18(22)12-4-3-5-14(23-2)16(12)20)17(21)19-11-6-7-13-15(8-11)25-9-24-13/h3-8,10,20H,9H2,1-2H3,(H,19,21)/t10-/m0/s1. The number of methoxy groups -OCH3 is 1. The number of phenols is 1. The molecule has 0 aliphatic carbocycles. The first kappa shape index (κ1) is 17.4. The topological polar surface area (TPSA) is 103 Å². The molecular weight excluding hydrogens is 342 g/mol.